The van der Waals surface area contributed by atoms with Crippen LogP contribution in [0, 0.1) is 13.8 Å². The molecule has 0 heterocycles. The van der Waals surface area contributed by atoms with E-state index in [1.54, 1.807) is 7.11 Å². The van der Waals surface area contributed by atoms with Crippen molar-refractivity contribution in [2.75, 3.05) is 13.7 Å². The Labute approximate surface area is 111 Å². The lowest BCUT2D eigenvalue weighted by Gasteiger charge is -2.21. The first-order chi connectivity index (χ1) is 8.63. The summed E-state index contributed by atoms with van der Waals surface area (Å²) in [6.45, 7) is 11.3. The van der Waals surface area contributed by atoms with Crippen molar-refractivity contribution < 1.29 is 4.74 Å². The van der Waals surface area contributed by atoms with Crippen LogP contribution in [0.4, 0.5) is 0 Å². The predicted molar refractivity (Wildman–Crippen MR) is 78.3 cm³/mol. The molecule has 1 N–H and O–H groups in total. The van der Waals surface area contributed by atoms with E-state index < -0.39 is 0 Å². The van der Waals surface area contributed by atoms with Crippen LogP contribution in [0.1, 0.15) is 42.5 Å². The Morgan fingerprint density at radius 2 is 2.06 bits per heavy atom. The fraction of sp³-hybridized carbons (Fsp3) is 0.500. The standard InChI is InChI=1S/C16H25NO/c1-6-8-15(17-9-7-2)14-10-13(4)16(18-5)11-12(14)3/h6,10-11,15,17H,1,7-9H2,2-5H3. The highest BCUT2D eigenvalue weighted by atomic mass is 16.5. The zero-order chi connectivity index (χ0) is 13.5. The molecule has 0 aliphatic rings. The molecule has 0 saturated carbocycles. The average Bonchev–Trinajstić information content (AvgIpc) is 2.37. The molecule has 0 aliphatic heterocycles. The van der Waals surface area contributed by atoms with Crippen LogP contribution >= 0.6 is 0 Å². The summed E-state index contributed by atoms with van der Waals surface area (Å²) in [5.74, 6) is 0.962. The highest BCUT2D eigenvalue weighted by Gasteiger charge is 2.13. The van der Waals surface area contributed by atoms with E-state index in [0.717, 1.165) is 25.1 Å². The quantitative estimate of drug-likeness (QED) is 0.737. The highest BCUT2D eigenvalue weighted by molar-refractivity contribution is 5.43. The van der Waals surface area contributed by atoms with E-state index in [9.17, 15) is 0 Å². The summed E-state index contributed by atoms with van der Waals surface area (Å²) < 4.78 is 5.36. The van der Waals surface area contributed by atoms with Crippen molar-refractivity contribution in [3.63, 3.8) is 0 Å². The molecule has 2 heteroatoms. The van der Waals surface area contributed by atoms with E-state index in [2.05, 4.69) is 44.8 Å². The van der Waals surface area contributed by atoms with Gasteiger partial charge in [0.15, 0.2) is 0 Å². The van der Waals surface area contributed by atoms with Crippen LogP contribution < -0.4 is 10.1 Å². The number of methoxy groups -OCH3 is 1. The lowest BCUT2D eigenvalue weighted by atomic mass is 9.96. The molecule has 1 rings (SSSR count). The number of ether oxygens (including phenoxy) is 1. The summed E-state index contributed by atoms with van der Waals surface area (Å²) in [6.07, 6.45) is 4.07. The molecule has 18 heavy (non-hydrogen) atoms. The van der Waals surface area contributed by atoms with Crippen molar-refractivity contribution in [1.29, 1.82) is 0 Å². The van der Waals surface area contributed by atoms with Crippen LogP contribution in [0.25, 0.3) is 0 Å². The van der Waals surface area contributed by atoms with Crippen LogP contribution in [0.2, 0.25) is 0 Å². The number of nitrogens with one attached hydrogen (secondary N) is 1. The summed E-state index contributed by atoms with van der Waals surface area (Å²) >= 11 is 0. The molecule has 0 aromatic heterocycles. The van der Waals surface area contributed by atoms with Crippen molar-refractivity contribution >= 4 is 0 Å². The van der Waals surface area contributed by atoms with Gasteiger partial charge in [-0.15, -0.1) is 6.58 Å². The topological polar surface area (TPSA) is 21.3 Å². The summed E-state index contributed by atoms with van der Waals surface area (Å²) in [6, 6.07) is 4.70. The zero-order valence-corrected chi connectivity index (χ0v) is 12.0. The van der Waals surface area contributed by atoms with Crippen LogP contribution in [-0.4, -0.2) is 13.7 Å². The first-order valence-electron chi connectivity index (χ1n) is 6.63. The van der Waals surface area contributed by atoms with Crippen molar-refractivity contribution in [3.05, 3.63) is 41.5 Å². The fourth-order valence-electron chi connectivity index (χ4n) is 2.21. The van der Waals surface area contributed by atoms with E-state index in [1.807, 2.05) is 6.08 Å². The minimum Gasteiger partial charge on any atom is -0.496 e. The third-order valence-corrected chi connectivity index (χ3v) is 3.20. The van der Waals surface area contributed by atoms with Crippen molar-refractivity contribution in [1.82, 2.24) is 5.32 Å². The van der Waals surface area contributed by atoms with Gasteiger partial charge in [-0.2, -0.15) is 0 Å². The Balaban J connectivity index is 3.03. The van der Waals surface area contributed by atoms with Crippen LogP contribution in [0.15, 0.2) is 24.8 Å². The molecule has 0 amide bonds. The molecule has 1 aromatic carbocycles. The lowest BCUT2D eigenvalue weighted by Crippen LogP contribution is -2.22. The Morgan fingerprint density at radius 1 is 1.33 bits per heavy atom. The molecule has 0 radical (unpaired) electrons. The van der Waals surface area contributed by atoms with E-state index in [1.165, 1.54) is 16.7 Å². The van der Waals surface area contributed by atoms with Gasteiger partial charge in [-0.1, -0.05) is 19.1 Å². The minimum atomic E-state index is 0.354. The van der Waals surface area contributed by atoms with Gasteiger partial charge in [0.05, 0.1) is 7.11 Å². The largest absolute Gasteiger partial charge is 0.496 e. The first kappa shape index (κ1) is 14.8. The minimum absolute atomic E-state index is 0.354. The van der Waals surface area contributed by atoms with Gasteiger partial charge in [0, 0.05) is 6.04 Å². The number of benzene rings is 1. The predicted octanol–water partition coefficient (Wildman–Crippen LogP) is 3.93. The SMILES string of the molecule is C=CCC(NCCC)c1cc(C)c(OC)cc1C. The number of rotatable bonds is 7. The van der Waals surface area contributed by atoms with Crippen molar-refractivity contribution in [2.24, 2.45) is 0 Å². The second-order valence-electron chi connectivity index (χ2n) is 4.71. The maximum absolute atomic E-state index is 5.36. The number of hydrogen-bond acceptors (Lipinski definition) is 2. The van der Waals surface area contributed by atoms with Crippen LogP contribution in [0.3, 0.4) is 0 Å². The summed E-state index contributed by atoms with van der Waals surface area (Å²) in [5, 5.41) is 3.58. The average molecular weight is 247 g/mol. The van der Waals surface area contributed by atoms with Gasteiger partial charge in [0.25, 0.3) is 0 Å². The summed E-state index contributed by atoms with van der Waals surface area (Å²) in [4.78, 5) is 0. The fourth-order valence-corrected chi connectivity index (χ4v) is 2.21. The zero-order valence-electron chi connectivity index (χ0n) is 12.0. The Bertz CT molecular complexity index is 398. The molecular formula is C16H25NO. The maximum atomic E-state index is 5.36. The van der Waals surface area contributed by atoms with Gasteiger partial charge >= 0.3 is 0 Å². The van der Waals surface area contributed by atoms with Gasteiger partial charge < -0.3 is 10.1 Å². The maximum Gasteiger partial charge on any atom is 0.122 e. The molecular weight excluding hydrogens is 222 g/mol. The van der Waals surface area contributed by atoms with Crippen molar-refractivity contribution in [2.45, 2.75) is 39.7 Å². The highest BCUT2D eigenvalue weighted by Crippen LogP contribution is 2.28. The molecule has 0 bridgehead atoms. The monoisotopic (exact) mass is 247 g/mol. The third kappa shape index (κ3) is 3.61. The van der Waals surface area contributed by atoms with E-state index in [4.69, 9.17) is 4.74 Å². The molecule has 1 atom stereocenters. The molecule has 1 aromatic rings. The molecule has 2 nitrogen and oxygen atoms in total. The molecule has 0 aliphatic carbocycles. The number of aryl methyl sites for hydroxylation is 2. The number of hydrogen-bond donors (Lipinski definition) is 1. The van der Waals surface area contributed by atoms with Crippen molar-refractivity contribution in [3.8, 4) is 5.75 Å². The van der Waals surface area contributed by atoms with Gasteiger partial charge in [-0.3, -0.25) is 0 Å². The van der Waals surface area contributed by atoms with Gasteiger partial charge in [-0.05, 0) is 56.0 Å². The Hall–Kier alpha value is -1.28. The van der Waals surface area contributed by atoms with Gasteiger partial charge in [0.1, 0.15) is 5.75 Å². The Kier molecular flexibility index (Phi) is 5.93. The molecule has 100 valence electrons. The molecule has 1 unspecified atom stereocenters. The molecule has 0 fully saturated rings. The normalized spacial score (nSPS) is 12.2. The second-order valence-corrected chi connectivity index (χ2v) is 4.71. The van der Waals surface area contributed by atoms with E-state index >= 15 is 0 Å². The second kappa shape index (κ2) is 7.22. The molecule has 0 spiro atoms. The van der Waals surface area contributed by atoms with E-state index in [0.29, 0.717) is 6.04 Å². The third-order valence-electron chi connectivity index (χ3n) is 3.20. The summed E-state index contributed by atoms with van der Waals surface area (Å²) in [7, 11) is 1.72. The Morgan fingerprint density at radius 3 is 2.61 bits per heavy atom. The van der Waals surface area contributed by atoms with Gasteiger partial charge in [-0.25, -0.2) is 0 Å². The first-order valence-corrected chi connectivity index (χ1v) is 6.63. The van der Waals surface area contributed by atoms with E-state index in [-0.39, 0.29) is 0 Å². The van der Waals surface area contributed by atoms with Crippen LogP contribution in [-0.2, 0) is 0 Å². The van der Waals surface area contributed by atoms with Crippen LogP contribution in [0.5, 0.6) is 5.75 Å². The summed E-state index contributed by atoms with van der Waals surface area (Å²) in [5.41, 5.74) is 3.81. The smallest absolute Gasteiger partial charge is 0.122 e. The van der Waals surface area contributed by atoms with Gasteiger partial charge in [0.2, 0.25) is 0 Å². The molecule has 0 saturated heterocycles. The lowest BCUT2D eigenvalue weighted by molar-refractivity contribution is 0.410.